The van der Waals surface area contributed by atoms with Crippen LogP contribution in [0.2, 0.25) is 0 Å². The summed E-state index contributed by atoms with van der Waals surface area (Å²) >= 11 is 0. The van der Waals surface area contributed by atoms with E-state index < -0.39 is 0 Å². The average molecular weight is 985 g/mol. The van der Waals surface area contributed by atoms with Crippen LogP contribution in [0.15, 0.2) is 267 Å². The molecule has 18 aromatic rings. The van der Waals surface area contributed by atoms with Crippen molar-refractivity contribution in [3.05, 3.63) is 267 Å². The predicted octanol–water partition coefficient (Wildman–Crippen LogP) is 21.1. The molecule has 0 fully saturated rings. The molecule has 0 atom stereocenters. The lowest BCUT2D eigenvalue weighted by Gasteiger charge is -2.17. The first-order chi connectivity index (χ1) is 38.7. The van der Waals surface area contributed by atoms with Crippen LogP contribution in [-0.4, -0.2) is 9.13 Å². The van der Waals surface area contributed by atoms with Crippen molar-refractivity contribution in [1.82, 2.24) is 9.13 Å². The molecule has 0 aliphatic carbocycles. The van der Waals surface area contributed by atoms with Gasteiger partial charge >= 0.3 is 0 Å². The highest BCUT2D eigenvalue weighted by Gasteiger charge is 2.22. The highest BCUT2D eigenvalue weighted by Crippen LogP contribution is 2.48. The monoisotopic (exact) mass is 984 g/mol. The van der Waals surface area contributed by atoms with Gasteiger partial charge in [-0.3, -0.25) is 0 Å². The summed E-state index contributed by atoms with van der Waals surface area (Å²) in [6.45, 7) is 0. The van der Waals surface area contributed by atoms with Gasteiger partial charge in [-0.15, -0.1) is 0 Å². The molecule has 0 aliphatic heterocycles. The first-order valence-electron chi connectivity index (χ1n) is 27.2. The molecule has 18 rings (SSSR count). The topological polar surface area (TPSA) is 9.86 Å². The molecule has 78 heavy (non-hydrogen) atoms. The summed E-state index contributed by atoms with van der Waals surface area (Å²) in [5, 5.41) is 30.7. The van der Waals surface area contributed by atoms with Crippen LogP contribution in [0.25, 0.3) is 174 Å². The van der Waals surface area contributed by atoms with Crippen LogP contribution in [0.5, 0.6) is 0 Å². The van der Waals surface area contributed by atoms with E-state index in [1.54, 1.807) is 0 Å². The predicted molar refractivity (Wildman–Crippen MR) is 336 cm³/mol. The molecule has 0 unspecified atom stereocenters. The number of benzene rings is 16. The Kier molecular flexibility index (Phi) is 8.42. The Labute approximate surface area is 447 Å². The van der Waals surface area contributed by atoms with Gasteiger partial charge < -0.3 is 9.13 Å². The summed E-state index contributed by atoms with van der Waals surface area (Å²) in [4.78, 5) is 0. The smallest absolute Gasteiger partial charge is 0.0541 e. The molecule has 0 N–H and O–H groups in total. The molecule has 0 saturated heterocycles. The minimum absolute atomic E-state index is 1.15. The molecule has 0 amide bonds. The van der Waals surface area contributed by atoms with Crippen LogP contribution in [0.3, 0.4) is 0 Å². The van der Waals surface area contributed by atoms with Crippen molar-refractivity contribution >= 4 is 151 Å². The summed E-state index contributed by atoms with van der Waals surface area (Å²) in [6, 6.07) is 100. The molecule has 2 heteroatoms. The number of para-hydroxylation sites is 2. The maximum Gasteiger partial charge on any atom is 0.0541 e. The van der Waals surface area contributed by atoms with Crippen LogP contribution < -0.4 is 0 Å². The Hall–Kier alpha value is -10.3. The van der Waals surface area contributed by atoms with E-state index in [1.165, 1.54) is 162 Å². The van der Waals surface area contributed by atoms with Crippen molar-refractivity contribution in [3.63, 3.8) is 0 Å². The molecule has 2 nitrogen and oxygen atoms in total. The first kappa shape index (κ1) is 42.0. The molecule has 0 radical (unpaired) electrons. The van der Waals surface area contributed by atoms with Crippen molar-refractivity contribution in [2.45, 2.75) is 0 Å². The molecule has 0 aliphatic rings. The zero-order valence-electron chi connectivity index (χ0n) is 42.3. The van der Waals surface area contributed by atoms with Crippen LogP contribution >= 0.6 is 0 Å². The lowest BCUT2D eigenvalue weighted by molar-refractivity contribution is 1.19. The maximum absolute atomic E-state index is 2.48. The fourth-order valence-electron chi connectivity index (χ4n) is 14.4. The van der Waals surface area contributed by atoms with Crippen LogP contribution in [0.4, 0.5) is 0 Å². The van der Waals surface area contributed by atoms with Gasteiger partial charge in [0.2, 0.25) is 0 Å². The lowest BCUT2D eigenvalue weighted by atomic mass is 9.87. The Morgan fingerprint density at radius 2 is 0.397 bits per heavy atom. The molecule has 2 aromatic heterocycles. The fraction of sp³-hybridized carbons (Fsp3) is 0. The first-order valence-corrected chi connectivity index (χ1v) is 27.2. The van der Waals surface area contributed by atoms with Gasteiger partial charge in [0.15, 0.2) is 0 Å². The van der Waals surface area contributed by atoms with Gasteiger partial charge in [-0.05, 0) is 180 Å². The zero-order chi connectivity index (χ0) is 50.7. The van der Waals surface area contributed by atoms with Crippen LogP contribution in [-0.2, 0) is 0 Å². The summed E-state index contributed by atoms with van der Waals surface area (Å²) in [5.41, 5.74) is 9.47. The van der Waals surface area contributed by atoms with Gasteiger partial charge in [-0.1, -0.05) is 206 Å². The highest BCUT2D eigenvalue weighted by atomic mass is 15.0. The molecule has 0 spiro atoms. The Bertz CT molecular complexity index is 5310. The molecule has 16 aromatic carbocycles. The number of hydrogen-bond acceptors (Lipinski definition) is 0. The number of nitrogens with zero attached hydrogens (tertiary/aromatic N) is 2. The largest absolute Gasteiger partial charge is 0.309 e. The number of hydrogen-bond donors (Lipinski definition) is 0. The van der Waals surface area contributed by atoms with Crippen molar-refractivity contribution in [2.24, 2.45) is 0 Å². The Morgan fingerprint density at radius 3 is 0.718 bits per heavy atom. The lowest BCUT2D eigenvalue weighted by Crippen LogP contribution is -1.95. The SMILES string of the molecule is c1ccc2c(c1)c1ccccc1c1c3cc(-n4c5ccccc5c5cc(-c6ccc7c(c6)c6ccccc6n7-c6ccc7c8ccccc8c8c9ccccc9c9ccccc9c8c7c6)ccc54)ccc3c3ccccc3c21. The zero-order valence-corrected chi connectivity index (χ0v) is 42.3. The third-order valence-electron chi connectivity index (χ3n) is 17.6. The summed E-state index contributed by atoms with van der Waals surface area (Å²) in [7, 11) is 0. The van der Waals surface area contributed by atoms with Crippen LogP contribution in [0, 0.1) is 0 Å². The normalized spacial score (nSPS) is 12.4. The fourth-order valence-corrected chi connectivity index (χ4v) is 14.4. The van der Waals surface area contributed by atoms with Gasteiger partial charge in [-0.2, -0.15) is 0 Å². The van der Waals surface area contributed by atoms with Crippen molar-refractivity contribution in [3.8, 4) is 22.5 Å². The van der Waals surface area contributed by atoms with E-state index in [2.05, 4.69) is 276 Å². The van der Waals surface area contributed by atoms with Gasteiger partial charge in [0.05, 0.1) is 22.1 Å². The van der Waals surface area contributed by atoms with Crippen molar-refractivity contribution < 1.29 is 0 Å². The third-order valence-corrected chi connectivity index (χ3v) is 17.6. The minimum atomic E-state index is 1.15. The van der Waals surface area contributed by atoms with Gasteiger partial charge in [-0.25, -0.2) is 0 Å². The van der Waals surface area contributed by atoms with E-state index in [4.69, 9.17) is 0 Å². The average Bonchev–Trinajstić information content (AvgIpc) is 4.17. The molecular formula is C76H44N2. The summed E-state index contributed by atoms with van der Waals surface area (Å²) in [6.07, 6.45) is 0. The third kappa shape index (κ3) is 5.60. The van der Waals surface area contributed by atoms with Crippen LogP contribution in [0.1, 0.15) is 0 Å². The minimum Gasteiger partial charge on any atom is -0.309 e. The number of aromatic nitrogens is 2. The van der Waals surface area contributed by atoms with Gasteiger partial charge in [0, 0.05) is 32.9 Å². The second-order valence-corrected chi connectivity index (χ2v) is 21.4. The highest BCUT2D eigenvalue weighted by molar-refractivity contribution is 6.41. The van der Waals surface area contributed by atoms with E-state index in [9.17, 15) is 0 Å². The van der Waals surface area contributed by atoms with E-state index in [-0.39, 0.29) is 0 Å². The second-order valence-electron chi connectivity index (χ2n) is 21.4. The van der Waals surface area contributed by atoms with Gasteiger partial charge in [0.25, 0.3) is 0 Å². The quantitative estimate of drug-likeness (QED) is 0.156. The summed E-state index contributed by atoms with van der Waals surface area (Å²) < 4.78 is 4.96. The van der Waals surface area contributed by atoms with Crippen molar-refractivity contribution in [2.75, 3.05) is 0 Å². The standard InChI is InChI=1S/C76H44N2/c1-7-25-59-49(17-1)51-19-3-11-29-63(51)75-67-43-47(35-37-55(67)53-21-5-9-27-61(53)73(59)75)77-69-31-15-13-23-57(69)65-41-45(33-39-71(65)77)46-34-40-72-66(42-46)58-24-14-16-32-70(58)78(72)48-36-38-56-54-22-6-10-28-62(54)74-60-26-8-2-18-50(60)52-20-4-12-30-64(52)76(74)68(56)44-48/h1-44H. The number of rotatable bonds is 3. The Balaban J connectivity index is 0.830. The molecule has 2 heterocycles. The Morgan fingerprint density at radius 1 is 0.154 bits per heavy atom. The van der Waals surface area contributed by atoms with E-state index in [0.29, 0.717) is 0 Å². The summed E-state index contributed by atoms with van der Waals surface area (Å²) in [5.74, 6) is 0. The maximum atomic E-state index is 2.48. The van der Waals surface area contributed by atoms with E-state index in [0.717, 1.165) is 11.4 Å². The van der Waals surface area contributed by atoms with Gasteiger partial charge in [0.1, 0.15) is 0 Å². The van der Waals surface area contributed by atoms with E-state index in [1.807, 2.05) is 0 Å². The molecule has 358 valence electrons. The van der Waals surface area contributed by atoms with E-state index >= 15 is 0 Å². The van der Waals surface area contributed by atoms with Crippen molar-refractivity contribution in [1.29, 1.82) is 0 Å². The molecular weight excluding hydrogens is 941 g/mol. The number of fused-ring (bicyclic) bond motifs is 28. The molecule has 0 saturated carbocycles. The molecule has 0 bridgehead atoms. The second kappa shape index (κ2) is 15.6.